The van der Waals surface area contributed by atoms with E-state index in [0.29, 0.717) is 0 Å². The van der Waals surface area contributed by atoms with Crippen LogP contribution in [0.1, 0.15) is 0 Å². The third-order valence-corrected chi connectivity index (χ3v) is 6.28. The molecule has 0 N–H and O–H groups in total. The van der Waals surface area contributed by atoms with E-state index in [9.17, 15) is 0 Å². The largest absolute Gasteiger partial charge is 0.455 e. The smallest absolute Gasteiger partial charge is 0.143 e. The van der Waals surface area contributed by atoms with Crippen LogP contribution in [0.2, 0.25) is 5.02 Å². The van der Waals surface area contributed by atoms with Crippen molar-refractivity contribution < 1.29 is 4.42 Å². The molecule has 0 saturated carbocycles. The lowest BCUT2D eigenvalue weighted by Crippen LogP contribution is -1.83. The van der Waals surface area contributed by atoms with Crippen LogP contribution in [-0.2, 0) is 0 Å². The highest BCUT2D eigenvalue weighted by molar-refractivity contribution is 6.33. The topological polar surface area (TPSA) is 13.1 Å². The molecule has 1 aromatic heterocycles. The van der Waals surface area contributed by atoms with E-state index in [-0.39, 0.29) is 0 Å². The fourth-order valence-corrected chi connectivity index (χ4v) is 4.66. The molecular weight excluding hydrogens is 412 g/mol. The molecule has 0 saturated heterocycles. The zero-order valence-electron chi connectivity index (χ0n) is 17.3. The van der Waals surface area contributed by atoms with Crippen LogP contribution in [0.25, 0.3) is 55.3 Å². The first-order valence-electron chi connectivity index (χ1n) is 10.6. The average molecular weight is 431 g/mol. The van der Waals surface area contributed by atoms with Gasteiger partial charge in [-0.15, -0.1) is 0 Å². The van der Waals surface area contributed by atoms with Crippen LogP contribution in [0.5, 0.6) is 0 Å². The van der Waals surface area contributed by atoms with Crippen molar-refractivity contribution in [3.63, 3.8) is 0 Å². The molecule has 0 atom stereocenters. The van der Waals surface area contributed by atoms with Gasteiger partial charge in [0.1, 0.15) is 11.2 Å². The Labute approximate surface area is 191 Å². The van der Waals surface area contributed by atoms with Gasteiger partial charge in [0.15, 0.2) is 0 Å². The first-order chi connectivity index (χ1) is 15.8. The molecule has 0 aliphatic rings. The monoisotopic (exact) mass is 430 g/mol. The van der Waals surface area contributed by atoms with Crippen molar-refractivity contribution in [2.75, 3.05) is 0 Å². The molecule has 1 heterocycles. The van der Waals surface area contributed by atoms with E-state index < -0.39 is 0 Å². The number of benzene rings is 5. The summed E-state index contributed by atoms with van der Waals surface area (Å²) in [5, 5.41) is 2.96. The summed E-state index contributed by atoms with van der Waals surface area (Å²) >= 11 is 6.72. The van der Waals surface area contributed by atoms with Crippen LogP contribution >= 0.6 is 11.6 Å². The lowest BCUT2D eigenvalue weighted by atomic mass is 9.99. The Hall–Kier alpha value is -3.81. The fourth-order valence-electron chi connectivity index (χ4n) is 4.37. The van der Waals surface area contributed by atoms with Gasteiger partial charge in [-0.05, 0) is 40.5 Å². The van der Waals surface area contributed by atoms with Crippen molar-refractivity contribution in [2.24, 2.45) is 0 Å². The third kappa shape index (κ3) is 3.19. The standard InChI is InChI=1S/C30H19ClO/c31-28-18-22(20-8-3-1-4-9-20)14-16-24(28)23-15-17-26-27-13-7-12-25(21-10-5-2-6-11-21)30(27)32-29(26)19-23/h1-19H. The van der Waals surface area contributed by atoms with E-state index in [4.69, 9.17) is 16.0 Å². The summed E-state index contributed by atoms with van der Waals surface area (Å²) in [5.74, 6) is 0. The molecule has 0 bridgehead atoms. The Morgan fingerprint density at radius 1 is 0.469 bits per heavy atom. The molecule has 0 aliphatic heterocycles. The van der Waals surface area contributed by atoms with E-state index in [1.165, 1.54) is 0 Å². The van der Waals surface area contributed by atoms with E-state index in [0.717, 1.165) is 60.3 Å². The average Bonchev–Trinajstić information content (AvgIpc) is 3.23. The summed E-state index contributed by atoms with van der Waals surface area (Å²) in [6, 6.07) is 39.5. The van der Waals surface area contributed by atoms with Crippen molar-refractivity contribution >= 4 is 33.5 Å². The molecule has 0 unspecified atom stereocenters. The van der Waals surface area contributed by atoms with E-state index >= 15 is 0 Å². The summed E-state index contributed by atoms with van der Waals surface area (Å²) in [4.78, 5) is 0. The maximum Gasteiger partial charge on any atom is 0.143 e. The summed E-state index contributed by atoms with van der Waals surface area (Å²) in [6.45, 7) is 0. The molecule has 0 spiro atoms. The minimum atomic E-state index is 0.729. The van der Waals surface area contributed by atoms with Crippen LogP contribution in [0.4, 0.5) is 0 Å². The normalized spacial score (nSPS) is 11.3. The second kappa shape index (κ2) is 7.71. The number of furan rings is 1. The van der Waals surface area contributed by atoms with Crippen LogP contribution < -0.4 is 0 Å². The molecule has 6 rings (SSSR count). The van der Waals surface area contributed by atoms with E-state index in [1.54, 1.807) is 0 Å². The molecule has 152 valence electrons. The van der Waals surface area contributed by atoms with Crippen LogP contribution in [0.15, 0.2) is 120 Å². The molecule has 1 nitrogen and oxygen atoms in total. The lowest BCUT2D eigenvalue weighted by molar-refractivity contribution is 0.670. The molecule has 6 aromatic rings. The number of hydrogen-bond donors (Lipinski definition) is 0. The zero-order valence-corrected chi connectivity index (χ0v) is 18.0. The van der Waals surface area contributed by atoms with Gasteiger partial charge in [-0.3, -0.25) is 0 Å². The van der Waals surface area contributed by atoms with E-state index in [1.807, 2.05) is 30.3 Å². The van der Waals surface area contributed by atoms with Crippen LogP contribution in [0, 0.1) is 0 Å². The molecular formula is C30H19ClO. The second-order valence-corrected chi connectivity index (χ2v) is 8.33. The molecule has 32 heavy (non-hydrogen) atoms. The quantitative estimate of drug-likeness (QED) is 0.272. The van der Waals surface area contributed by atoms with Gasteiger partial charge in [0.05, 0.1) is 0 Å². The first kappa shape index (κ1) is 18.9. The Morgan fingerprint density at radius 2 is 1.19 bits per heavy atom. The molecule has 2 heteroatoms. The fraction of sp³-hybridized carbons (Fsp3) is 0. The maximum atomic E-state index is 6.72. The van der Waals surface area contributed by atoms with Gasteiger partial charge in [-0.1, -0.05) is 109 Å². The number of para-hydroxylation sites is 1. The Balaban J connectivity index is 1.47. The highest BCUT2D eigenvalue weighted by Gasteiger charge is 2.14. The maximum absolute atomic E-state index is 6.72. The third-order valence-electron chi connectivity index (χ3n) is 5.97. The SMILES string of the molecule is Clc1cc(-c2ccccc2)ccc1-c1ccc2c(c1)oc1c(-c3ccccc3)cccc12. The number of rotatable bonds is 3. The Kier molecular flexibility index (Phi) is 4.56. The van der Waals surface area contributed by atoms with Gasteiger partial charge in [0.2, 0.25) is 0 Å². The summed E-state index contributed by atoms with van der Waals surface area (Å²) in [7, 11) is 0. The van der Waals surface area contributed by atoms with Crippen LogP contribution in [0.3, 0.4) is 0 Å². The van der Waals surface area contributed by atoms with Gasteiger partial charge < -0.3 is 4.42 Å². The van der Waals surface area contributed by atoms with Gasteiger partial charge in [-0.25, -0.2) is 0 Å². The molecule has 5 aromatic carbocycles. The van der Waals surface area contributed by atoms with E-state index in [2.05, 4.69) is 84.9 Å². The number of hydrogen-bond acceptors (Lipinski definition) is 1. The first-order valence-corrected chi connectivity index (χ1v) is 11.0. The molecule has 0 amide bonds. The molecule has 0 radical (unpaired) electrons. The minimum Gasteiger partial charge on any atom is -0.455 e. The number of fused-ring (bicyclic) bond motifs is 3. The van der Waals surface area contributed by atoms with Gasteiger partial charge in [0, 0.05) is 26.9 Å². The minimum absolute atomic E-state index is 0.729. The summed E-state index contributed by atoms with van der Waals surface area (Å²) in [5.41, 5.74) is 8.33. The summed E-state index contributed by atoms with van der Waals surface area (Å²) in [6.07, 6.45) is 0. The van der Waals surface area contributed by atoms with Crippen molar-refractivity contribution in [3.05, 3.63) is 120 Å². The van der Waals surface area contributed by atoms with Crippen LogP contribution in [-0.4, -0.2) is 0 Å². The lowest BCUT2D eigenvalue weighted by Gasteiger charge is -2.08. The van der Waals surface area contributed by atoms with Gasteiger partial charge >= 0.3 is 0 Å². The van der Waals surface area contributed by atoms with Gasteiger partial charge in [0.25, 0.3) is 0 Å². The molecule has 0 aliphatic carbocycles. The number of halogens is 1. The molecule has 0 fully saturated rings. The zero-order chi connectivity index (χ0) is 21.5. The van der Waals surface area contributed by atoms with Crippen molar-refractivity contribution in [2.45, 2.75) is 0 Å². The predicted octanol–water partition coefficient (Wildman–Crippen LogP) is 9.24. The Bertz CT molecular complexity index is 1560. The second-order valence-electron chi connectivity index (χ2n) is 7.92. The Morgan fingerprint density at radius 3 is 1.94 bits per heavy atom. The van der Waals surface area contributed by atoms with Crippen molar-refractivity contribution in [1.29, 1.82) is 0 Å². The van der Waals surface area contributed by atoms with Gasteiger partial charge in [-0.2, -0.15) is 0 Å². The summed E-state index contributed by atoms with van der Waals surface area (Å²) < 4.78 is 6.39. The highest BCUT2D eigenvalue weighted by Crippen LogP contribution is 2.39. The predicted molar refractivity (Wildman–Crippen MR) is 135 cm³/mol. The highest BCUT2D eigenvalue weighted by atomic mass is 35.5. The van der Waals surface area contributed by atoms with Crippen molar-refractivity contribution in [3.8, 4) is 33.4 Å². The van der Waals surface area contributed by atoms with Crippen molar-refractivity contribution in [1.82, 2.24) is 0 Å².